The van der Waals surface area contributed by atoms with E-state index >= 15 is 0 Å². The summed E-state index contributed by atoms with van der Waals surface area (Å²) in [7, 11) is 1.64. The van der Waals surface area contributed by atoms with Crippen LogP contribution in [-0.4, -0.2) is 18.6 Å². The Hall–Kier alpha value is -2.53. The number of benzene rings is 1. The lowest BCUT2D eigenvalue weighted by Crippen LogP contribution is -2.21. The topological polar surface area (TPSA) is 69.4 Å². The van der Waals surface area contributed by atoms with Crippen molar-refractivity contribution in [2.45, 2.75) is 33.2 Å². The molecule has 0 saturated heterocycles. The molecule has 0 atom stereocenters. The smallest absolute Gasteiger partial charge is 0.219 e. The number of aromatic nitrogens is 1. The minimum Gasteiger partial charge on any atom is -0.493 e. The molecule has 2 aromatic rings. The van der Waals surface area contributed by atoms with E-state index in [0.29, 0.717) is 23.1 Å². The maximum absolute atomic E-state index is 5.84. The van der Waals surface area contributed by atoms with Gasteiger partial charge in [0, 0.05) is 30.1 Å². The SMILES string of the molecule is C=C(N)c1ccc(Oc2ccc(CNCC(CC)CC)cc2OC)nc1. The van der Waals surface area contributed by atoms with Crippen molar-refractivity contribution >= 4 is 5.70 Å². The lowest BCUT2D eigenvalue weighted by Gasteiger charge is -2.15. The molecule has 3 N–H and O–H groups in total. The number of rotatable bonds is 10. The number of hydrogen-bond acceptors (Lipinski definition) is 5. The first-order valence-corrected chi connectivity index (χ1v) is 9.03. The molecule has 0 unspecified atom stereocenters. The molecule has 0 amide bonds. The van der Waals surface area contributed by atoms with Gasteiger partial charge < -0.3 is 20.5 Å². The van der Waals surface area contributed by atoms with Crippen LogP contribution in [0, 0.1) is 5.92 Å². The van der Waals surface area contributed by atoms with Gasteiger partial charge in [-0.25, -0.2) is 4.98 Å². The van der Waals surface area contributed by atoms with E-state index in [2.05, 4.69) is 30.7 Å². The Bertz CT molecular complexity index is 710. The fraction of sp³-hybridized carbons (Fsp3) is 0.381. The van der Waals surface area contributed by atoms with E-state index in [1.54, 1.807) is 19.4 Å². The largest absolute Gasteiger partial charge is 0.493 e. The Labute approximate surface area is 156 Å². The Morgan fingerprint density at radius 1 is 1.19 bits per heavy atom. The average Bonchev–Trinajstić information content (AvgIpc) is 2.66. The maximum Gasteiger partial charge on any atom is 0.219 e. The second kappa shape index (κ2) is 9.82. The first-order valence-electron chi connectivity index (χ1n) is 9.03. The fourth-order valence-corrected chi connectivity index (χ4v) is 2.65. The fourth-order valence-electron chi connectivity index (χ4n) is 2.65. The van der Waals surface area contributed by atoms with Gasteiger partial charge in [0.1, 0.15) is 0 Å². The quantitative estimate of drug-likeness (QED) is 0.663. The highest BCUT2D eigenvalue weighted by Crippen LogP contribution is 2.31. The molecule has 0 saturated carbocycles. The number of nitrogens with two attached hydrogens (primary N) is 1. The van der Waals surface area contributed by atoms with E-state index < -0.39 is 0 Å². The Morgan fingerprint density at radius 2 is 1.96 bits per heavy atom. The molecule has 140 valence electrons. The molecule has 0 aliphatic carbocycles. The normalized spacial score (nSPS) is 10.8. The molecule has 2 rings (SSSR count). The van der Waals surface area contributed by atoms with E-state index in [9.17, 15) is 0 Å². The van der Waals surface area contributed by atoms with Gasteiger partial charge in [0.15, 0.2) is 11.5 Å². The molecule has 26 heavy (non-hydrogen) atoms. The molecule has 5 heteroatoms. The molecule has 1 aromatic heterocycles. The third kappa shape index (κ3) is 5.49. The summed E-state index contributed by atoms with van der Waals surface area (Å²) in [6.07, 6.45) is 4.03. The van der Waals surface area contributed by atoms with Crippen molar-refractivity contribution in [3.05, 3.63) is 54.2 Å². The first kappa shape index (κ1) is 19.8. The average molecular weight is 355 g/mol. The zero-order valence-electron chi connectivity index (χ0n) is 15.9. The summed E-state index contributed by atoms with van der Waals surface area (Å²) in [5.74, 6) is 2.51. The van der Waals surface area contributed by atoms with Gasteiger partial charge in [0.25, 0.3) is 0 Å². The van der Waals surface area contributed by atoms with E-state index in [4.69, 9.17) is 15.2 Å². The second-order valence-electron chi connectivity index (χ2n) is 6.31. The summed E-state index contributed by atoms with van der Waals surface area (Å²) in [4.78, 5) is 4.25. The third-order valence-corrected chi connectivity index (χ3v) is 4.47. The highest BCUT2D eigenvalue weighted by atomic mass is 16.5. The van der Waals surface area contributed by atoms with Gasteiger partial charge in [0.05, 0.1) is 7.11 Å². The van der Waals surface area contributed by atoms with E-state index in [-0.39, 0.29) is 0 Å². The van der Waals surface area contributed by atoms with Crippen molar-refractivity contribution in [3.63, 3.8) is 0 Å². The van der Waals surface area contributed by atoms with E-state index in [0.717, 1.165) is 30.1 Å². The van der Waals surface area contributed by atoms with Gasteiger partial charge in [-0.1, -0.05) is 39.3 Å². The lowest BCUT2D eigenvalue weighted by molar-refractivity contribution is 0.373. The molecule has 5 nitrogen and oxygen atoms in total. The van der Waals surface area contributed by atoms with Crippen LogP contribution in [0.2, 0.25) is 0 Å². The van der Waals surface area contributed by atoms with Crippen LogP contribution in [0.4, 0.5) is 0 Å². The molecular weight excluding hydrogens is 326 g/mol. The van der Waals surface area contributed by atoms with Gasteiger partial charge in [0.2, 0.25) is 5.88 Å². The van der Waals surface area contributed by atoms with Crippen LogP contribution in [0.3, 0.4) is 0 Å². The molecule has 0 radical (unpaired) electrons. The van der Waals surface area contributed by atoms with Crippen molar-refractivity contribution < 1.29 is 9.47 Å². The predicted molar refractivity (Wildman–Crippen MR) is 106 cm³/mol. The summed E-state index contributed by atoms with van der Waals surface area (Å²) >= 11 is 0. The maximum atomic E-state index is 5.84. The Morgan fingerprint density at radius 3 is 2.54 bits per heavy atom. The predicted octanol–water partition coefficient (Wildman–Crippen LogP) is 4.34. The molecule has 0 spiro atoms. The summed E-state index contributed by atoms with van der Waals surface area (Å²) in [5, 5.41) is 3.51. The van der Waals surface area contributed by atoms with Crippen LogP contribution < -0.4 is 20.5 Å². The number of methoxy groups -OCH3 is 1. The van der Waals surface area contributed by atoms with E-state index in [1.165, 1.54) is 12.8 Å². The van der Waals surface area contributed by atoms with Crippen molar-refractivity contribution in [1.82, 2.24) is 10.3 Å². The highest BCUT2D eigenvalue weighted by molar-refractivity contribution is 5.59. The lowest BCUT2D eigenvalue weighted by atomic mass is 10.0. The summed E-state index contributed by atoms with van der Waals surface area (Å²) < 4.78 is 11.3. The minimum atomic E-state index is 0.479. The Kier molecular flexibility index (Phi) is 7.48. The van der Waals surface area contributed by atoms with Gasteiger partial charge in [-0.2, -0.15) is 0 Å². The second-order valence-corrected chi connectivity index (χ2v) is 6.31. The summed E-state index contributed by atoms with van der Waals surface area (Å²) in [6.45, 7) is 9.98. The number of ether oxygens (including phenoxy) is 2. The van der Waals surface area contributed by atoms with Gasteiger partial charge in [-0.3, -0.25) is 0 Å². The van der Waals surface area contributed by atoms with Crippen LogP contribution in [0.25, 0.3) is 5.70 Å². The number of nitrogens with one attached hydrogen (secondary N) is 1. The van der Waals surface area contributed by atoms with Gasteiger partial charge >= 0.3 is 0 Å². The van der Waals surface area contributed by atoms with Crippen molar-refractivity contribution in [3.8, 4) is 17.4 Å². The van der Waals surface area contributed by atoms with Gasteiger partial charge in [-0.05, 0) is 36.2 Å². The number of nitrogens with zero attached hydrogens (tertiary/aromatic N) is 1. The molecular formula is C21H29N3O2. The van der Waals surface area contributed by atoms with Crippen LogP contribution in [0.5, 0.6) is 17.4 Å². The molecule has 0 fully saturated rings. The number of hydrogen-bond donors (Lipinski definition) is 2. The van der Waals surface area contributed by atoms with Crippen molar-refractivity contribution in [2.24, 2.45) is 11.7 Å². The van der Waals surface area contributed by atoms with Gasteiger partial charge in [-0.15, -0.1) is 0 Å². The minimum absolute atomic E-state index is 0.479. The zero-order valence-corrected chi connectivity index (χ0v) is 15.9. The summed E-state index contributed by atoms with van der Waals surface area (Å²) in [6, 6.07) is 9.52. The van der Waals surface area contributed by atoms with E-state index in [1.807, 2.05) is 24.3 Å². The Balaban J connectivity index is 2.02. The monoisotopic (exact) mass is 355 g/mol. The van der Waals surface area contributed by atoms with Crippen molar-refractivity contribution in [1.29, 1.82) is 0 Å². The standard InChI is InChI=1S/C21H29N3O2/c1-5-16(6-2)12-23-13-17-7-9-19(20(11-17)25-4)26-21-10-8-18(14-24-21)15(3)22/h7-11,14,16,23H,3,5-6,12-13,22H2,1-2,4H3. The molecule has 0 aliphatic heterocycles. The molecule has 1 heterocycles. The van der Waals surface area contributed by atoms with Crippen LogP contribution in [-0.2, 0) is 6.54 Å². The zero-order chi connectivity index (χ0) is 18.9. The van der Waals surface area contributed by atoms with Crippen LogP contribution in [0.15, 0.2) is 43.1 Å². The molecule has 0 bridgehead atoms. The van der Waals surface area contributed by atoms with Crippen molar-refractivity contribution in [2.75, 3.05) is 13.7 Å². The first-order chi connectivity index (χ1) is 12.6. The number of pyridine rings is 1. The third-order valence-electron chi connectivity index (χ3n) is 4.47. The molecule has 1 aromatic carbocycles. The van der Waals surface area contributed by atoms with Crippen LogP contribution >= 0.6 is 0 Å². The highest BCUT2D eigenvalue weighted by Gasteiger charge is 2.09. The van der Waals surface area contributed by atoms with Crippen LogP contribution in [0.1, 0.15) is 37.8 Å². The molecule has 0 aliphatic rings. The summed E-state index contributed by atoms with van der Waals surface area (Å²) in [5.41, 5.74) is 8.07.